The Kier molecular flexibility index (Phi) is 11.7. The molecule has 2 heterocycles. The first-order valence-electron chi connectivity index (χ1n) is 17.5. The van der Waals surface area contributed by atoms with Crippen molar-refractivity contribution >= 4 is 22.4 Å². The number of nitrogens with zero attached hydrogens (tertiary/aromatic N) is 4. The van der Waals surface area contributed by atoms with Gasteiger partial charge in [-0.2, -0.15) is 0 Å². The third kappa shape index (κ3) is 9.86. The van der Waals surface area contributed by atoms with E-state index in [0.717, 1.165) is 55.5 Å². The standard InChI is InChI=1S/C39H56N6O4Si/c1-23(2)31(42-36(46)48-38(5,6)7)33(50)35-41-30(22-45(35)12)28-19-15-26(16-20-28)25-13-17-27(18-14-25)29-21-44(11)34(40-29)32(24(3)4)43-37(47)49-39(8,9)10/h13-24,31-33H,1-12,50H3,(H,42,46)(H,43,47). The van der Waals surface area contributed by atoms with E-state index in [1.165, 1.54) is 0 Å². The van der Waals surface area contributed by atoms with E-state index >= 15 is 0 Å². The van der Waals surface area contributed by atoms with Gasteiger partial charge in [-0.3, -0.25) is 0 Å². The smallest absolute Gasteiger partial charge is 0.408 e. The molecule has 0 spiro atoms. The maximum atomic E-state index is 12.6. The van der Waals surface area contributed by atoms with Gasteiger partial charge < -0.3 is 29.2 Å². The van der Waals surface area contributed by atoms with Crippen molar-refractivity contribution in [3.05, 3.63) is 72.6 Å². The summed E-state index contributed by atoms with van der Waals surface area (Å²) in [4.78, 5) is 35.2. The molecule has 4 rings (SSSR count). The summed E-state index contributed by atoms with van der Waals surface area (Å²) in [5.41, 5.74) is 4.92. The predicted octanol–water partition coefficient (Wildman–Crippen LogP) is 7.33. The first-order chi connectivity index (χ1) is 23.2. The number of hydrogen-bond acceptors (Lipinski definition) is 6. The van der Waals surface area contributed by atoms with E-state index in [4.69, 9.17) is 19.4 Å². The highest BCUT2D eigenvalue weighted by atomic mass is 28.1. The van der Waals surface area contributed by atoms with E-state index in [2.05, 4.69) is 97.6 Å². The molecule has 0 fully saturated rings. The van der Waals surface area contributed by atoms with E-state index in [1.807, 2.05) is 66.4 Å². The zero-order chi connectivity index (χ0) is 37.1. The highest BCUT2D eigenvalue weighted by molar-refractivity contribution is 6.12. The Hall–Kier alpha value is -4.38. The minimum Gasteiger partial charge on any atom is -0.444 e. The van der Waals surface area contributed by atoms with Gasteiger partial charge in [-0.1, -0.05) is 76.2 Å². The van der Waals surface area contributed by atoms with Crippen molar-refractivity contribution < 1.29 is 19.1 Å². The van der Waals surface area contributed by atoms with Crippen LogP contribution >= 0.6 is 0 Å². The van der Waals surface area contributed by atoms with Gasteiger partial charge in [0.25, 0.3) is 0 Å². The van der Waals surface area contributed by atoms with Crippen LogP contribution < -0.4 is 10.6 Å². The molecule has 11 heteroatoms. The van der Waals surface area contributed by atoms with Crippen LogP contribution in [0.15, 0.2) is 60.9 Å². The molecule has 3 unspecified atom stereocenters. The van der Waals surface area contributed by atoms with Crippen LogP contribution in [0.3, 0.4) is 0 Å². The van der Waals surface area contributed by atoms with Crippen molar-refractivity contribution in [2.45, 2.75) is 98.1 Å². The number of benzene rings is 2. The largest absolute Gasteiger partial charge is 0.444 e. The second-order valence-electron chi connectivity index (χ2n) is 15.9. The van der Waals surface area contributed by atoms with Gasteiger partial charge in [0.05, 0.1) is 17.4 Å². The molecule has 2 aromatic heterocycles. The molecule has 50 heavy (non-hydrogen) atoms. The van der Waals surface area contributed by atoms with Crippen LogP contribution in [0.1, 0.15) is 92.5 Å². The highest BCUT2D eigenvalue weighted by Gasteiger charge is 2.30. The molecule has 0 radical (unpaired) electrons. The molecule has 0 bridgehead atoms. The van der Waals surface area contributed by atoms with Crippen LogP contribution in [0.4, 0.5) is 9.59 Å². The zero-order valence-electron chi connectivity index (χ0n) is 32.1. The van der Waals surface area contributed by atoms with Crippen molar-refractivity contribution in [2.75, 3.05) is 0 Å². The normalized spacial score (nSPS) is 14.0. The van der Waals surface area contributed by atoms with Crippen molar-refractivity contribution in [3.8, 4) is 33.6 Å². The lowest BCUT2D eigenvalue weighted by Crippen LogP contribution is -2.45. The number of alkyl carbamates (subject to hydrolysis) is 2. The first kappa shape index (κ1) is 38.4. The lowest BCUT2D eigenvalue weighted by Gasteiger charge is -2.29. The van der Waals surface area contributed by atoms with Gasteiger partial charge in [0, 0.05) is 59.4 Å². The number of nitrogens with one attached hydrogen (secondary N) is 2. The number of rotatable bonds is 10. The van der Waals surface area contributed by atoms with Crippen molar-refractivity contribution in [1.82, 2.24) is 29.7 Å². The first-order valence-corrected chi connectivity index (χ1v) is 18.6. The van der Waals surface area contributed by atoms with Gasteiger partial charge in [0.2, 0.25) is 0 Å². The van der Waals surface area contributed by atoms with Gasteiger partial charge >= 0.3 is 12.2 Å². The summed E-state index contributed by atoms with van der Waals surface area (Å²) in [6, 6.07) is 16.4. The van der Waals surface area contributed by atoms with E-state index < -0.39 is 23.4 Å². The number of ether oxygens (including phenoxy) is 2. The molecule has 4 aromatic rings. The van der Waals surface area contributed by atoms with Crippen LogP contribution in [0.2, 0.25) is 0 Å². The fourth-order valence-corrected chi connectivity index (χ4v) is 7.53. The summed E-state index contributed by atoms with van der Waals surface area (Å²) in [5, 5.41) is 6.12. The Balaban J connectivity index is 1.48. The molecule has 0 saturated heterocycles. The number of aromatic nitrogens is 4. The third-order valence-electron chi connectivity index (χ3n) is 8.48. The number of aryl methyl sites for hydroxylation is 2. The van der Waals surface area contributed by atoms with Crippen LogP contribution in [0.5, 0.6) is 0 Å². The Morgan fingerprint density at radius 3 is 1.42 bits per heavy atom. The number of imidazole rings is 2. The Morgan fingerprint density at radius 2 is 1.02 bits per heavy atom. The summed E-state index contributed by atoms with van der Waals surface area (Å²) in [7, 11) is 4.78. The second-order valence-corrected chi connectivity index (χ2v) is 17.2. The fraction of sp³-hybridized carbons (Fsp3) is 0.487. The van der Waals surface area contributed by atoms with Crippen molar-refractivity contribution in [3.63, 3.8) is 0 Å². The van der Waals surface area contributed by atoms with E-state index in [9.17, 15) is 9.59 Å². The minimum absolute atomic E-state index is 0.0842. The van der Waals surface area contributed by atoms with Crippen LogP contribution in [0.25, 0.3) is 33.6 Å². The van der Waals surface area contributed by atoms with E-state index in [0.29, 0.717) is 0 Å². The summed E-state index contributed by atoms with van der Waals surface area (Å²) in [5.74, 6) is 2.06. The molecular formula is C39H56N6O4Si. The summed E-state index contributed by atoms with van der Waals surface area (Å²) in [6.07, 6.45) is 3.20. The van der Waals surface area contributed by atoms with Crippen LogP contribution in [-0.4, -0.2) is 58.8 Å². The fourth-order valence-electron chi connectivity index (χ4n) is 6.06. The van der Waals surface area contributed by atoms with Gasteiger partial charge in [-0.25, -0.2) is 19.6 Å². The number of carbonyl (C=O) groups is 2. The predicted molar refractivity (Wildman–Crippen MR) is 204 cm³/mol. The average molecular weight is 701 g/mol. The molecule has 0 aliphatic heterocycles. The topological polar surface area (TPSA) is 112 Å². The molecular weight excluding hydrogens is 645 g/mol. The number of hydrogen-bond donors (Lipinski definition) is 2. The van der Waals surface area contributed by atoms with Crippen molar-refractivity contribution in [1.29, 1.82) is 0 Å². The molecule has 0 saturated carbocycles. The van der Waals surface area contributed by atoms with E-state index in [1.54, 1.807) is 0 Å². The molecule has 0 aliphatic rings. The quantitative estimate of drug-likeness (QED) is 0.168. The molecule has 0 aliphatic carbocycles. The maximum Gasteiger partial charge on any atom is 0.408 e. The van der Waals surface area contributed by atoms with Gasteiger partial charge in [0.15, 0.2) is 0 Å². The maximum absolute atomic E-state index is 12.6. The lowest BCUT2D eigenvalue weighted by molar-refractivity contribution is 0.0475. The highest BCUT2D eigenvalue weighted by Crippen LogP contribution is 2.30. The number of amides is 2. The average Bonchev–Trinajstić information content (AvgIpc) is 3.59. The van der Waals surface area contributed by atoms with Crippen molar-refractivity contribution in [2.24, 2.45) is 25.9 Å². The Morgan fingerprint density at radius 1 is 0.640 bits per heavy atom. The Bertz CT molecular complexity index is 1760. The number of carbonyl (C=O) groups excluding carboxylic acids is 2. The summed E-state index contributed by atoms with van der Waals surface area (Å²) in [6.45, 7) is 19.5. The van der Waals surface area contributed by atoms with Gasteiger partial charge in [0.1, 0.15) is 22.9 Å². The lowest BCUT2D eigenvalue weighted by atomic mass is 10.00. The van der Waals surface area contributed by atoms with Gasteiger partial charge in [-0.15, -0.1) is 0 Å². The molecule has 3 atom stereocenters. The SMILES string of the molecule is CC(C)C(NC(=O)OC(C)(C)C)c1nc(-c2ccc(-c3ccc(-c4cn(C)c(C([SiH3])C(NC(=O)OC(C)(C)C)C(C)C)n4)cc3)cc2)cn1C. The summed E-state index contributed by atoms with van der Waals surface area (Å²) < 4.78 is 15.1. The van der Waals surface area contributed by atoms with Crippen LogP contribution in [-0.2, 0) is 23.6 Å². The minimum atomic E-state index is -0.580. The molecule has 270 valence electrons. The molecule has 10 nitrogen and oxygen atoms in total. The second kappa shape index (κ2) is 15.2. The van der Waals surface area contributed by atoms with Gasteiger partial charge in [-0.05, 0) is 64.5 Å². The van der Waals surface area contributed by atoms with E-state index in [-0.39, 0.29) is 29.5 Å². The molecule has 2 aromatic carbocycles. The Labute approximate surface area is 300 Å². The third-order valence-corrected chi connectivity index (χ3v) is 9.72. The molecule has 2 N–H and O–H groups in total. The van der Waals surface area contributed by atoms with Crippen LogP contribution in [0, 0.1) is 11.8 Å². The monoisotopic (exact) mass is 700 g/mol. The summed E-state index contributed by atoms with van der Waals surface area (Å²) >= 11 is 0. The zero-order valence-corrected chi connectivity index (χ0v) is 34.1. The molecule has 2 amide bonds.